The molecule has 42 heavy (non-hydrogen) atoms. The summed E-state index contributed by atoms with van der Waals surface area (Å²) in [6.07, 6.45) is 3.39. The average Bonchev–Trinajstić information content (AvgIpc) is 3.66. The number of hydrogen-bond donors (Lipinski definition) is 2. The highest BCUT2D eigenvalue weighted by molar-refractivity contribution is 7.80. The molecular formula is C30H22FN7O2S2. The number of aromatic nitrogens is 5. The summed E-state index contributed by atoms with van der Waals surface area (Å²) in [6.45, 7) is 0.577. The van der Waals surface area contributed by atoms with E-state index in [1.165, 1.54) is 23.5 Å². The summed E-state index contributed by atoms with van der Waals surface area (Å²) < 4.78 is 23.5. The molecule has 0 bridgehead atoms. The minimum absolute atomic E-state index is 0.0500. The molecule has 0 aliphatic carbocycles. The molecule has 0 fully saturated rings. The van der Waals surface area contributed by atoms with Crippen molar-refractivity contribution in [3.05, 3.63) is 114 Å². The first-order valence-corrected chi connectivity index (χ1v) is 14.0. The highest BCUT2D eigenvalue weighted by Gasteiger charge is 2.14. The SMILES string of the molecule is O=C(Cc1ccccc1)NC(=S)Nc1ccc(Oc2ccnc3cc(-c4ccc(Cn5cnnn5)cc4)sc23)c(F)c1. The zero-order valence-electron chi connectivity index (χ0n) is 21.9. The number of anilines is 1. The number of halogens is 1. The Hall–Kier alpha value is -5.07. The van der Waals surface area contributed by atoms with Crippen LogP contribution in [0.15, 0.2) is 97.5 Å². The number of pyridine rings is 1. The highest BCUT2D eigenvalue weighted by atomic mass is 32.1. The standard InChI is InChI=1S/C30H22FN7O2S2/c31-23-15-22(34-30(41)35-28(39)14-19-4-2-1-3-5-19)10-11-25(23)40-26-12-13-32-24-16-27(42-29(24)26)21-8-6-20(7-9-21)17-38-18-33-36-37-38/h1-13,15-16,18H,14,17H2,(H2,34,35,39,41). The fourth-order valence-electron chi connectivity index (χ4n) is 4.25. The molecule has 12 heteroatoms. The highest BCUT2D eigenvalue weighted by Crippen LogP contribution is 2.39. The van der Waals surface area contributed by atoms with Gasteiger partial charge >= 0.3 is 0 Å². The summed E-state index contributed by atoms with van der Waals surface area (Å²) in [5.74, 6) is -0.307. The fourth-order valence-corrected chi connectivity index (χ4v) is 5.55. The van der Waals surface area contributed by atoms with E-state index in [1.54, 1.807) is 29.3 Å². The van der Waals surface area contributed by atoms with Crippen LogP contribution >= 0.6 is 23.6 Å². The Labute approximate surface area is 249 Å². The van der Waals surface area contributed by atoms with Gasteiger partial charge in [0.25, 0.3) is 0 Å². The Kier molecular flexibility index (Phi) is 7.88. The second kappa shape index (κ2) is 12.2. The van der Waals surface area contributed by atoms with E-state index in [2.05, 4.69) is 31.1 Å². The first-order valence-electron chi connectivity index (χ1n) is 12.8. The number of ether oxygens (including phenoxy) is 1. The second-order valence-electron chi connectivity index (χ2n) is 9.25. The van der Waals surface area contributed by atoms with Gasteiger partial charge in [-0.3, -0.25) is 9.78 Å². The normalized spacial score (nSPS) is 10.9. The zero-order valence-corrected chi connectivity index (χ0v) is 23.5. The van der Waals surface area contributed by atoms with Crippen molar-refractivity contribution in [2.45, 2.75) is 13.0 Å². The first kappa shape index (κ1) is 27.1. The van der Waals surface area contributed by atoms with Gasteiger partial charge in [-0.1, -0.05) is 54.6 Å². The van der Waals surface area contributed by atoms with Crippen molar-refractivity contribution in [3.8, 4) is 21.9 Å². The Morgan fingerprint density at radius 2 is 1.81 bits per heavy atom. The predicted molar refractivity (Wildman–Crippen MR) is 163 cm³/mol. The average molecular weight is 596 g/mol. The smallest absolute Gasteiger partial charge is 0.230 e. The van der Waals surface area contributed by atoms with Gasteiger partial charge in [-0.15, -0.1) is 16.4 Å². The van der Waals surface area contributed by atoms with E-state index < -0.39 is 5.82 Å². The van der Waals surface area contributed by atoms with E-state index in [0.29, 0.717) is 18.0 Å². The number of nitrogens with zero attached hydrogens (tertiary/aromatic N) is 5. The molecule has 3 aromatic heterocycles. The fraction of sp³-hybridized carbons (Fsp3) is 0.0667. The number of hydrogen-bond acceptors (Lipinski definition) is 8. The number of nitrogens with one attached hydrogen (secondary N) is 2. The molecule has 0 aliphatic rings. The van der Waals surface area contributed by atoms with Gasteiger partial charge in [0, 0.05) is 28.9 Å². The molecular weight excluding hydrogens is 574 g/mol. The van der Waals surface area contributed by atoms with Crippen LogP contribution in [0, 0.1) is 5.82 Å². The molecule has 3 heterocycles. The van der Waals surface area contributed by atoms with E-state index in [0.717, 1.165) is 31.8 Å². The lowest BCUT2D eigenvalue weighted by Crippen LogP contribution is -2.35. The number of rotatable bonds is 8. The lowest BCUT2D eigenvalue weighted by molar-refractivity contribution is -0.119. The largest absolute Gasteiger partial charge is 0.453 e. The topological polar surface area (TPSA) is 107 Å². The molecule has 6 aromatic rings. The third-order valence-electron chi connectivity index (χ3n) is 6.22. The maximum absolute atomic E-state index is 15.1. The van der Waals surface area contributed by atoms with Crippen molar-refractivity contribution in [1.29, 1.82) is 0 Å². The Bertz CT molecular complexity index is 1860. The summed E-state index contributed by atoms with van der Waals surface area (Å²) >= 11 is 6.74. The van der Waals surface area contributed by atoms with Gasteiger partial charge in [-0.05, 0) is 57.5 Å². The van der Waals surface area contributed by atoms with Gasteiger partial charge < -0.3 is 15.4 Å². The van der Waals surface area contributed by atoms with Crippen LogP contribution in [0.25, 0.3) is 20.7 Å². The van der Waals surface area contributed by atoms with Crippen molar-refractivity contribution in [2.24, 2.45) is 0 Å². The molecule has 0 aliphatic heterocycles. The number of carbonyl (C=O) groups excluding carboxylic acids is 1. The number of benzene rings is 3. The van der Waals surface area contributed by atoms with Crippen LogP contribution in [0.4, 0.5) is 10.1 Å². The van der Waals surface area contributed by atoms with Gasteiger partial charge in [0.1, 0.15) is 12.1 Å². The van der Waals surface area contributed by atoms with E-state index in [4.69, 9.17) is 17.0 Å². The van der Waals surface area contributed by atoms with E-state index in [9.17, 15) is 4.79 Å². The number of thiophene rings is 1. The molecule has 0 spiro atoms. The van der Waals surface area contributed by atoms with Gasteiger partial charge in [0.2, 0.25) is 5.91 Å². The van der Waals surface area contributed by atoms with Gasteiger partial charge in [-0.2, -0.15) is 0 Å². The Balaban J connectivity index is 1.12. The molecule has 9 nitrogen and oxygen atoms in total. The molecule has 0 saturated heterocycles. The number of amides is 1. The van der Waals surface area contributed by atoms with Crippen LogP contribution in [0.2, 0.25) is 0 Å². The van der Waals surface area contributed by atoms with Crippen molar-refractivity contribution < 1.29 is 13.9 Å². The van der Waals surface area contributed by atoms with Crippen LogP contribution < -0.4 is 15.4 Å². The van der Waals surface area contributed by atoms with E-state index in [-0.39, 0.29) is 23.2 Å². The predicted octanol–water partition coefficient (Wildman–Crippen LogP) is 5.99. The van der Waals surface area contributed by atoms with Crippen LogP contribution in [0.3, 0.4) is 0 Å². The molecule has 6 rings (SSSR count). The lowest BCUT2D eigenvalue weighted by Gasteiger charge is -2.12. The molecule has 0 radical (unpaired) electrons. The summed E-state index contributed by atoms with van der Waals surface area (Å²) in [5.41, 5.74) is 4.09. The van der Waals surface area contributed by atoms with Crippen molar-refractivity contribution >= 4 is 50.5 Å². The first-order chi connectivity index (χ1) is 20.5. The summed E-state index contributed by atoms with van der Waals surface area (Å²) in [4.78, 5) is 17.7. The van der Waals surface area contributed by atoms with Gasteiger partial charge in [-0.25, -0.2) is 9.07 Å². The van der Waals surface area contributed by atoms with Crippen molar-refractivity contribution in [1.82, 2.24) is 30.5 Å². The number of tetrazole rings is 1. The molecule has 0 unspecified atom stereocenters. The van der Waals surface area contributed by atoms with Crippen LogP contribution in [-0.2, 0) is 17.8 Å². The maximum atomic E-state index is 15.1. The maximum Gasteiger partial charge on any atom is 0.230 e. The minimum atomic E-state index is -0.585. The molecule has 2 N–H and O–H groups in total. The number of fused-ring (bicyclic) bond motifs is 1. The zero-order chi connectivity index (χ0) is 28.9. The van der Waals surface area contributed by atoms with Crippen LogP contribution in [0.5, 0.6) is 11.5 Å². The molecule has 1 amide bonds. The van der Waals surface area contributed by atoms with E-state index >= 15 is 4.39 Å². The van der Waals surface area contributed by atoms with E-state index in [1.807, 2.05) is 60.7 Å². The minimum Gasteiger partial charge on any atom is -0.453 e. The molecule has 3 aromatic carbocycles. The molecule has 0 atom stereocenters. The third-order valence-corrected chi connectivity index (χ3v) is 7.61. The quantitative estimate of drug-likeness (QED) is 0.207. The monoisotopic (exact) mass is 595 g/mol. The van der Waals surface area contributed by atoms with Crippen molar-refractivity contribution in [3.63, 3.8) is 0 Å². The van der Waals surface area contributed by atoms with Crippen molar-refractivity contribution in [2.75, 3.05) is 5.32 Å². The second-order valence-corrected chi connectivity index (χ2v) is 10.7. The summed E-state index contributed by atoms with van der Waals surface area (Å²) in [5, 5.41) is 16.7. The Morgan fingerprint density at radius 1 is 0.976 bits per heavy atom. The van der Waals surface area contributed by atoms with Gasteiger partial charge in [0.05, 0.1) is 23.2 Å². The van der Waals surface area contributed by atoms with Crippen LogP contribution in [-0.4, -0.2) is 36.2 Å². The van der Waals surface area contributed by atoms with Gasteiger partial charge in [0.15, 0.2) is 16.7 Å². The Morgan fingerprint density at radius 3 is 2.57 bits per heavy atom. The number of carbonyl (C=O) groups is 1. The number of thiocarbonyl (C=S) groups is 1. The third kappa shape index (κ3) is 6.45. The lowest BCUT2D eigenvalue weighted by atomic mass is 10.1. The summed E-state index contributed by atoms with van der Waals surface area (Å²) in [6, 6.07) is 25.5. The summed E-state index contributed by atoms with van der Waals surface area (Å²) in [7, 11) is 0. The molecule has 208 valence electrons. The van der Waals surface area contributed by atoms with Crippen LogP contribution in [0.1, 0.15) is 11.1 Å². The molecule has 0 saturated carbocycles.